The van der Waals surface area contributed by atoms with Crippen molar-refractivity contribution < 1.29 is 9.59 Å². The van der Waals surface area contributed by atoms with Gasteiger partial charge in [-0.25, -0.2) is 5.43 Å². The van der Waals surface area contributed by atoms with Crippen LogP contribution in [0.25, 0.3) is 0 Å². The molecule has 6 heteroatoms. The van der Waals surface area contributed by atoms with Gasteiger partial charge in [0.2, 0.25) is 13.8 Å². The summed E-state index contributed by atoms with van der Waals surface area (Å²) in [5.41, 5.74) is 10.2. The number of rotatable bonds is 3. The zero-order valence-corrected chi connectivity index (χ0v) is 7.25. The van der Waals surface area contributed by atoms with Crippen molar-refractivity contribution >= 4 is 19.6 Å². The fraction of sp³-hybridized carbons (Fsp3) is 0.714. The highest BCUT2D eigenvalue weighted by Crippen LogP contribution is 2.24. The van der Waals surface area contributed by atoms with Crippen molar-refractivity contribution in [1.29, 1.82) is 0 Å². The van der Waals surface area contributed by atoms with Gasteiger partial charge in [0.1, 0.15) is 0 Å². The van der Waals surface area contributed by atoms with Gasteiger partial charge in [0.15, 0.2) is 5.81 Å². The van der Waals surface area contributed by atoms with Crippen LogP contribution in [0.2, 0.25) is 0 Å². The highest BCUT2D eigenvalue weighted by atomic mass is 16.2. The molecule has 0 saturated heterocycles. The van der Waals surface area contributed by atoms with E-state index >= 15 is 0 Å². The minimum absolute atomic E-state index is 0.0767. The first-order chi connectivity index (χ1) is 6.09. The molecule has 1 rings (SSSR count). The summed E-state index contributed by atoms with van der Waals surface area (Å²) in [6.45, 7) is 0. The smallest absolute Gasteiger partial charge is 0.220 e. The molecule has 1 saturated carbocycles. The topological polar surface area (TPSA) is 84.2 Å². The Morgan fingerprint density at radius 1 is 1.38 bits per heavy atom. The standard InChI is InChI=1S/C7H12BN3O2/c8-7(13)11-10-5-2-1-4(3-5)6(9)12/h4-5,10H,1-3H2,(H2,9,12)(H,11,13)/t4-,5+/m0/s1. The summed E-state index contributed by atoms with van der Waals surface area (Å²) in [7, 11) is 4.86. The minimum atomic E-state index is -0.623. The molecule has 1 aliphatic rings. The first-order valence-electron chi connectivity index (χ1n) is 4.20. The predicted octanol–water partition coefficient (Wildman–Crippen LogP) is -0.977. The second-order valence-electron chi connectivity index (χ2n) is 3.24. The number of hydrogen-bond donors (Lipinski definition) is 3. The lowest BCUT2D eigenvalue weighted by atomic mass is 10.1. The van der Waals surface area contributed by atoms with Crippen LogP contribution < -0.4 is 16.6 Å². The Hall–Kier alpha value is -1.04. The number of carbonyl (C=O) groups is 2. The summed E-state index contributed by atoms with van der Waals surface area (Å²) < 4.78 is 0. The zero-order chi connectivity index (χ0) is 9.84. The number of nitrogens with one attached hydrogen (secondary N) is 2. The molecule has 2 atom stereocenters. The molecule has 1 fully saturated rings. The summed E-state index contributed by atoms with van der Waals surface area (Å²) in [5.74, 6) is -0.974. The van der Waals surface area contributed by atoms with Gasteiger partial charge in [-0.1, -0.05) is 0 Å². The quantitative estimate of drug-likeness (QED) is 0.386. The third-order valence-corrected chi connectivity index (χ3v) is 2.23. The normalized spacial score (nSPS) is 27.1. The SMILES string of the molecule is [B]C(=O)NN[C@@H]1CC[C@H](C(N)=O)C1. The Kier molecular flexibility index (Phi) is 3.30. The fourth-order valence-electron chi connectivity index (χ4n) is 1.54. The van der Waals surface area contributed by atoms with Crippen molar-refractivity contribution in [3.63, 3.8) is 0 Å². The van der Waals surface area contributed by atoms with Crippen molar-refractivity contribution in [1.82, 2.24) is 10.9 Å². The van der Waals surface area contributed by atoms with Crippen LogP contribution in [-0.4, -0.2) is 25.6 Å². The lowest BCUT2D eigenvalue weighted by Crippen LogP contribution is -2.43. The van der Waals surface area contributed by atoms with Gasteiger partial charge in [0, 0.05) is 12.0 Å². The van der Waals surface area contributed by atoms with Crippen LogP contribution in [0, 0.1) is 5.92 Å². The van der Waals surface area contributed by atoms with E-state index < -0.39 is 5.81 Å². The Morgan fingerprint density at radius 3 is 2.54 bits per heavy atom. The van der Waals surface area contributed by atoms with Gasteiger partial charge in [-0.2, -0.15) is 0 Å². The lowest BCUT2D eigenvalue weighted by molar-refractivity contribution is -0.121. The number of amides is 2. The molecule has 0 aromatic rings. The van der Waals surface area contributed by atoms with Crippen molar-refractivity contribution in [2.24, 2.45) is 11.7 Å². The minimum Gasteiger partial charge on any atom is -0.369 e. The number of nitrogens with two attached hydrogens (primary N) is 1. The number of hydrogen-bond acceptors (Lipinski definition) is 3. The van der Waals surface area contributed by atoms with Gasteiger partial charge in [-0.05, 0) is 19.3 Å². The van der Waals surface area contributed by atoms with Crippen molar-refractivity contribution in [3.8, 4) is 0 Å². The molecule has 0 aliphatic heterocycles. The van der Waals surface area contributed by atoms with E-state index in [9.17, 15) is 9.59 Å². The first kappa shape index (κ1) is 10.0. The summed E-state index contributed by atoms with van der Waals surface area (Å²) in [5, 5.41) is 0. The van der Waals surface area contributed by atoms with E-state index in [-0.39, 0.29) is 17.9 Å². The van der Waals surface area contributed by atoms with E-state index in [1.807, 2.05) is 0 Å². The summed E-state index contributed by atoms with van der Waals surface area (Å²) in [6.07, 6.45) is 2.26. The maximum absolute atomic E-state index is 10.8. The maximum Gasteiger partial charge on any atom is 0.220 e. The van der Waals surface area contributed by atoms with Gasteiger partial charge in [-0.15, -0.1) is 0 Å². The Morgan fingerprint density at radius 2 is 2.08 bits per heavy atom. The van der Waals surface area contributed by atoms with Crippen LogP contribution in [0.4, 0.5) is 4.79 Å². The Labute approximate surface area is 77.8 Å². The van der Waals surface area contributed by atoms with Crippen molar-refractivity contribution in [2.75, 3.05) is 0 Å². The first-order valence-corrected chi connectivity index (χ1v) is 4.20. The van der Waals surface area contributed by atoms with Gasteiger partial charge in [0.05, 0.1) is 0 Å². The van der Waals surface area contributed by atoms with Gasteiger partial charge in [0.25, 0.3) is 0 Å². The molecule has 5 nitrogen and oxygen atoms in total. The molecule has 70 valence electrons. The van der Waals surface area contributed by atoms with Crippen LogP contribution in [0.15, 0.2) is 0 Å². The van der Waals surface area contributed by atoms with Gasteiger partial charge < -0.3 is 11.2 Å². The molecule has 0 aromatic heterocycles. The molecule has 0 heterocycles. The average molecular weight is 181 g/mol. The third kappa shape index (κ3) is 3.06. The summed E-state index contributed by atoms with van der Waals surface area (Å²) >= 11 is 0. The maximum atomic E-state index is 10.8. The number of hydrazine groups is 1. The molecular weight excluding hydrogens is 169 g/mol. The number of primary amides is 1. The lowest BCUT2D eigenvalue weighted by Gasteiger charge is -2.12. The monoisotopic (exact) mass is 181 g/mol. The zero-order valence-electron chi connectivity index (χ0n) is 7.25. The molecule has 2 amide bonds. The third-order valence-electron chi connectivity index (χ3n) is 2.23. The Bertz CT molecular complexity index is 222. The van der Waals surface area contributed by atoms with E-state index in [1.54, 1.807) is 0 Å². The van der Waals surface area contributed by atoms with Crippen LogP contribution in [0.3, 0.4) is 0 Å². The Balaban J connectivity index is 2.25. The summed E-state index contributed by atoms with van der Waals surface area (Å²) in [4.78, 5) is 21.1. The largest absolute Gasteiger partial charge is 0.369 e. The molecule has 1 aliphatic carbocycles. The van der Waals surface area contributed by atoms with Crippen LogP contribution in [-0.2, 0) is 4.79 Å². The highest BCUT2D eigenvalue weighted by molar-refractivity contribution is 6.56. The van der Waals surface area contributed by atoms with E-state index in [1.165, 1.54) is 0 Å². The highest BCUT2D eigenvalue weighted by Gasteiger charge is 2.28. The van der Waals surface area contributed by atoms with Gasteiger partial charge >= 0.3 is 0 Å². The number of carbonyl (C=O) groups excluding carboxylic acids is 2. The van der Waals surface area contributed by atoms with E-state index in [0.717, 1.165) is 12.8 Å². The van der Waals surface area contributed by atoms with E-state index in [4.69, 9.17) is 13.6 Å². The average Bonchev–Trinajstić information content (AvgIpc) is 2.48. The molecule has 13 heavy (non-hydrogen) atoms. The van der Waals surface area contributed by atoms with Crippen molar-refractivity contribution in [2.45, 2.75) is 25.3 Å². The summed E-state index contributed by atoms with van der Waals surface area (Å²) in [6, 6.07) is 0.102. The molecule has 2 radical (unpaired) electrons. The van der Waals surface area contributed by atoms with Crippen molar-refractivity contribution in [3.05, 3.63) is 0 Å². The van der Waals surface area contributed by atoms with Crippen LogP contribution >= 0.6 is 0 Å². The molecule has 0 unspecified atom stereocenters. The van der Waals surface area contributed by atoms with Crippen LogP contribution in [0.1, 0.15) is 19.3 Å². The second-order valence-corrected chi connectivity index (χ2v) is 3.24. The molecule has 4 N–H and O–H groups in total. The molecule has 0 spiro atoms. The molecule has 0 bridgehead atoms. The fourth-order valence-corrected chi connectivity index (χ4v) is 1.54. The van der Waals surface area contributed by atoms with E-state index in [0.29, 0.717) is 6.42 Å². The molecular formula is C7H12BN3O2. The molecule has 0 aromatic carbocycles. The van der Waals surface area contributed by atoms with Gasteiger partial charge in [-0.3, -0.25) is 9.59 Å². The van der Waals surface area contributed by atoms with E-state index in [2.05, 4.69) is 10.9 Å². The van der Waals surface area contributed by atoms with Crippen LogP contribution in [0.5, 0.6) is 0 Å². The predicted molar refractivity (Wildman–Crippen MR) is 47.7 cm³/mol. The second kappa shape index (κ2) is 4.27.